The Morgan fingerprint density at radius 3 is 2.20 bits per heavy atom. The zero-order valence-electron chi connectivity index (χ0n) is 25.5. The smallest absolute Gasteiger partial charge is 0.331 e. The third-order valence-electron chi connectivity index (χ3n) is 9.14. The molecule has 0 unspecified atom stereocenters. The molecule has 10 heteroatoms. The molecular weight excluding hydrogens is 568 g/mol. The van der Waals surface area contributed by atoms with Crippen LogP contribution in [0.15, 0.2) is 66.7 Å². The maximum atomic E-state index is 14.7. The van der Waals surface area contributed by atoms with Gasteiger partial charge in [0.15, 0.2) is 17.5 Å². The molecule has 44 heavy (non-hydrogen) atoms. The molecule has 2 saturated carbocycles. The second-order valence-electron chi connectivity index (χ2n) is 12.5. The van der Waals surface area contributed by atoms with Gasteiger partial charge in [0.25, 0.3) is 0 Å². The number of hydrogen-bond acceptors (Lipinski definition) is 10. The van der Waals surface area contributed by atoms with Gasteiger partial charge in [-0.05, 0) is 57.4 Å². The molecule has 2 aromatic carbocycles. The van der Waals surface area contributed by atoms with E-state index in [1.807, 2.05) is 30.3 Å². The molecule has 3 aliphatic rings. The third kappa shape index (κ3) is 5.09. The van der Waals surface area contributed by atoms with Crippen LogP contribution in [0.3, 0.4) is 0 Å². The van der Waals surface area contributed by atoms with E-state index in [2.05, 4.69) is 0 Å². The minimum atomic E-state index is -1.91. The lowest BCUT2D eigenvalue weighted by Crippen LogP contribution is -2.83. The van der Waals surface area contributed by atoms with Crippen molar-refractivity contribution in [3.05, 3.63) is 72.3 Å². The average Bonchev–Trinajstić information content (AvgIpc) is 3.17. The normalized spacial score (nSPS) is 33.7. The second-order valence-corrected chi connectivity index (χ2v) is 12.5. The number of para-hydroxylation sites is 1. The number of ether oxygens (including phenoxy) is 5. The summed E-state index contributed by atoms with van der Waals surface area (Å²) in [5.74, 6) is -3.34. The maximum absolute atomic E-state index is 14.7. The van der Waals surface area contributed by atoms with Crippen LogP contribution in [0.2, 0.25) is 0 Å². The zero-order chi connectivity index (χ0) is 31.9. The largest absolute Gasteiger partial charge is 0.482 e. The number of rotatable bonds is 8. The molecule has 1 saturated heterocycles. The first kappa shape index (κ1) is 31.4. The van der Waals surface area contributed by atoms with Crippen molar-refractivity contribution in [2.45, 2.75) is 82.6 Å². The molecular formula is C34H38O10. The van der Waals surface area contributed by atoms with Gasteiger partial charge in [-0.1, -0.05) is 48.5 Å². The molecule has 234 valence electrons. The summed E-state index contributed by atoms with van der Waals surface area (Å²) in [5, 5.41) is 12.3. The highest BCUT2D eigenvalue weighted by molar-refractivity contribution is 5.92. The van der Waals surface area contributed by atoms with E-state index in [0.29, 0.717) is 5.75 Å². The van der Waals surface area contributed by atoms with Gasteiger partial charge in [0.05, 0.1) is 17.1 Å². The van der Waals surface area contributed by atoms with Crippen molar-refractivity contribution in [1.29, 1.82) is 0 Å². The van der Waals surface area contributed by atoms with Crippen molar-refractivity contribution >= 4 is 29.8 Å². The third-order valence-corrected chi connectivity index (χ3v) is 9.14. The first-order valence-corrected chi connectivity index (χ1v) is 14.7. The highest BCUT2D eigenvalue weighted by Gasteiger charge is 2.87. The van der Waals surface area contributed by atoms with Crippen LogP contribution >= 0.6 is 0 Å². The number of hydrogen-bond donors (Lipinski definition) is 1. The van der Waals surface area contributed by atoms with Crippen molar-refractivity contribution < 1.29 is 48.0 Å². The second kappa shape index (κ2) is 11.5. The number of esters is 3. The van der Waals surface area contributed by atoms with Gasteiger partial charge in [-0.3, -0.25) is 14.4 Å². The Labute approximate surface area is 256 Å². The number of ketones is 1. The Kier molecular flexibility index (Phi) is 8.20. The lowest BCUT2D eigenvalue weighted by Gasteiger charge is -2.64. The number of carbonyl (C=O) groups excluding carboxylic acids is 4. The minimum Gasteiger partial charge on any atom is -0.482 e. The summed E-state index contributed by atoms with van der Waals surface area (Å²) < 4.78 is 30.9. The predicted octanol–water partition coefficient (Wildman–Crippen LogP) is 3.83. The van der Waals surface area contributed by atoms with Crippen LogP contribution in [0, 0.1) is 11.3 Å². The quantitative estimate of drug-likeness (QED) is 0.268. The minimum absolute atomic E-state index is 0.0436. The monoisotopic (exact) mass is 606 g/mol. The molecule has 1 spiro atoms. The molecule has 10 nitrogen and oxygen atoms in total. The molecule has 1 heterocycles. The zero-order valence-corrected chi connectivity index (χ0v) is 25.5. The molecule has 1 aliphatic heterocycles. The van der Waals surface area contributed by atoms with E-state index in [0.717, 1.165) is 5.56 Å². The van der Waals surface area contributed by atoms with E-state index in [1.165, 1.54) is 26.8 Å². The fraction of sp³-hybridized carbons (Fsp3) is 0.471. The standard InChI is InChI=1S/C34H38O10/c1-21(35)40-20-33-25(43-26(37)17-16-23-12-8-6-9-13-23)18-19-32(5,39)34(33)29(41-22(2)36)27(31(3,4)44-34)28(38)30(33)42-24-14-10-7-11-15-24/h6-17,25,27,29-30,39H,18-20H2,1-5H3/t25-,27-,29+,30+,32-,33+,34-/m0/s1. The molecule has 0 radical (unpaired) electrons. The van der Waals surface area contributed by atoms with Gasteiger partial charge in [0.1, 0.15) is 30.0 Å². The van der Waals surface area contributed by atoms with Crippen LogP contribution in [-0.2, 0) is 38.1 Å². The van der Waals surface area contributed by atoms with E-state index >= 15 is 0 Å². The summed E-state index contributed by atoms with van der Waals surface area (Å²) in [5.41, 5.74) is -6.03. The summed E-state index contributed by atoms with van der Waals surface area (Å²) in [6.45, 7) is 6.76. The fourth-order valence-electron chi connectivity index (χ4n) is 7.48. The number of carbonyl (C=O) groups is 4. The van der Waals surface area contributed by atoms with Crippen molar-refractivity contribution in [1.82, 2.24) is 0 Å². The first-order valence-electron chi connectivity index (χ1n) is 14.7. The summed E-state index contributed by atoms with van der Waals surface area (Å²) in [6.07, 6.45) is -0.979. The number of Topliss-reactive ketones (excluding diaryl/α,β-unsaturated/α-hetero) is 1. The van der Waals surface area contributed by atoms with Gasteiger partial charge in [-0.2, -0.15) is 0 Å². The summed E-state index contributed by atoms with van der Waals surface area (Å²) >= 11 is 0. The van der Waals surface area contributed by atoms with Crippen LogP contribution < -0.4 is 4.74 Å². The SMILES string of the molecule is CC(=O)OC[C@]12[C@@H](OC(=O)C=Cc3ccccc3)CC[C@](C)(O)[C@]13OC(C)(C)[C@@H](C(=O)[C@H]2Oc1ccccc1)[C@H]3OC(C)=O. The molecule has 7 atom stereocenters. The number of fused-ring (bicyclic) bond motifs is 1. The van der Waals surface area contributed by atoms with E-state index in [4.69, 9.17) is 23.7 Å². The van der Waals surface area contributed by atoms with E-state index in [9.17, 15) is 24.3 Å². The number of aliphatic hydroxyl groups is 1. The van der Waals surface area contributed by atoms with E-state index < -0.39 is 76.7 Å². The van der Waals surface area contributed by atoms with E-state index in [1.54, 1.807) is 50.3 Å². The summed E-state index contributed by atoms with van der Waals surface area (Å²) in [4.78, 5) is 53.0. The van der Waals surface area contributed by atoms with Gasteiger partial charge in [0, 0.05) is 19.9 Å². The van der Waals surface area contributed by atoms with Crippen molar-refractivity contribution in [2.24, 2.45) is 11.3 Å². The maximum Gasteiger partial charge on any atom is 0.331 e. The van der Waals surface area contributed by atoms with Gasteiger partial charge in [-0.25, -0.2) is 4.79 Å². The number of benzene rings is 2. The van der Waals surface area contributed by atoms with Crippen LogP contribution in [0.4, 0.5) is 0 Å². The van der Waals surface area contributed by atoms with Crippen molar-refractivity contribution in [3.63, 3.8) is 0 Å². The topological polar surface area (TPSA) is 135 Å². The van der Waals surface area contributed by atoms with Crippen LogP contribution in [0.1, 0.15) is 53.0 Å². The lowest BCUT2D eigenvalue weighted by atomic mass is 9.46. The Hall–Kier alpha value is -4.02. The van der Waals surface area contributed by atoms with Gasteiger partial charge in [0.2, 0.25) is 0 Å². The molecule has 2 aliphatic carbocycles. The summed E-state index contributed by atoms with van der Waals surface area (Å²) in [6, 6.07) is 17.7. The molecule has 3 fully saturated rings. The van der Waals surface area contributed by atoms with Crippen LogP contribution in [0.25, 0.3) is 6.08 Å². The van der Waals surface area contributed by atoms with Crippen molar-refractivity contribution in [3.8, 4) is 5.75 Å². The Morgan fingerprint density at radius 1 is 0.955 bits per heavy atom. The fourth-order valence-corrected chi connectivity index (χ4v) is 7.48. The molecule has 2 aromatic rings. The predicted molar refractivity (Wildman–Crippen MR) is 157 cm³/mol. The Morgan fingerprint density at radius 2 is 1.59 bits per heavy atom. The molecule has 2 bridgehead atoms. The van der Waals surface area contributed by atoms with Crippen LogP contribution in [0.5, 0.6) is 5.75 Å². The molecule has 0 amide bonds. The van der Waals surface area contributed by atoms with Gasteiger partial charge in [-0.15, -0.1) is 0 Å². The molecule has 5 rings (SSSR count). The highest BCUT2D eigenvalue weighted by atomic mass is 16.6. The lowest BCUT2D eigenvalue weighted by molar-refractivity contribution is -0.333. The Balaban J connectivity index is 1.72. The van der Waals surface area contributed by atoms with Crippen LogP contribution in [-0.4, -0.2) is 70.5 Å². The average molecular weight is 607 g/mol. The van der Waals surface area contributed by atoms with Gasteiger partial charge >= 0.3 is 17.9 Å². The van der Waals surface area contributed by atoms with Gasteiger partial charge < -0.3 is 28.8 Å². The summed E-state index contributed by atoms with van der Waals surface area (Å²) in [7, 11) is 0. The molecule has 1 N–H and O–H groups in total. The van der Waals surface area contributed by atoms with Crippen molar-refractivity contribution in [2.75, 3.05) is 6.61 Å². The van der Waals surface area contributed by atoms with E-state index in [-0.39, 0.29) is 12.8 Å². The molecule has 0 aromatic heterocycles. The Bertz CT molecular complexity index is 1450. The highest BCUT2D eigenvalue weighted by Crippen LogP contribution is 2.67. The first-order chi connectivity index (χ1) is 20.7.